The van der Waals surface area contributed by atoms with Gasteiger partial charge in [-0.25, -0.2) is 0 Å². The summed E-state index contributed by atoms with van der Waals surface area (Å²) in [5.74, 6) is -0.152. The molecule has 112 valence electrons. The highest BCUT2D eigenvalue weighted by atomic mass is 16.1. The predicted molar refractivity (Wildman–Crippen MR) is 88.8 cm³/mol. The first kappa shape index (κ1) is 15.8. The van der Waals surface area contributed by atoms with E-state index in [1.54, 1.807) is 18.2 Å². The molecular weight excluding hydrogens is 272 g/mol. The third-order valence-corrected chi connectivity index (χ3v) is 3.50. The first-order valence-electron chi connectivity index (χ1n) is 7.59. The monoisotopic (exact) mass is 292 g/mol. The Morgan fingerprint density at radius 1 is 1.14 bits per heavy atom. The van der Waals surface area contributed by atoms with Gasteiger partial charge in [0.1, 0.15) is 0 Å². The van der Waals surface area contributed by atoms with Crippen molar-refractivity contribution in [3.05, 3.63) is 65.2 Å². The lowest BCUT2D eigenvalue weighted by atomic mass is 10.1. The summed E-state index contributed by atoms with van der Waals surface area (Å²) in [4.78, 5) is 12.2. The average molecular weight is 292 g/mol. The van der Waals surface area contributed by atoms with Crippen molar-refractivity contribution in [2.24, 2.45) is 0 Å². The number of rotatable bonds is 6. The van der Waals surface area contributed by atoms with E-state index in [2.05, 4.69) is 30.4 Å². The zero-order valence-corrected chi connectivity index (χ0v) is 12.8. The van der Waals surface area contributed by atoms with Crippen LogP contribution in [0.1, 0.15) is 41.3 Å². The van der Waals surface area contributed by atoms with Crippen LogP contribution in [0.15, 0.2) is 48.5 Å². The van der Waals surface area contributed by atoms with Gasteiger partial charge in [0.05, 0.1) is 12.5 Å². The van der Waals surface area contributed by atoms with Gasteiger partial charge in [0.2, 0.25) is 0 Å². The van der Waals surface area contributed by atoms with Crippen molar-refractivity contribution >= 4 is 11.6 Å². The highest BCUT2D eigenvalue weighted by Gasteiger charge is 2.06. The quantitative estimate of drug-likeness (QED) is 0.860. The highest BCUT2D eigenvalue weighted by Crippen LogP contribution is 2.14. The van der Waals surface area contributed by atoms with E-state index in [0.717, 1.165) is 17.7 Å². The summed E-state index contributed by atoms with van der Waals surface area (Å²) in [6.45, 7) is 2.18. The minimum Gasteiger partial charge on any atom is -0.322 e. The molecule has 0 aliphatic heterocycles. The van der Waals surface area contributed by atoms with E-state index in [1.165, 1.54) is 18.4 Å². The fourth-order valence-corrected chi connectivity index (χ4v) is 2.25. The number of nitriles is 1. The molecule has 0 aromatic heterocycles. The molecule has 0 spiro atoms. The van der Waals surface area contributed by atoms with Gasteiger partial charge >= 0.3 is 0 Å². The maximum atomic E-state index is 12.2. The number of benzene rings is 2. The second-order valence-electron chi connectivity index (χ2n) is 5.29. The number of hydrogen-bond donors (Lipinski definition) is 1. The Morgan fingerprint density at radius 3 is 2.59 bits per heavy atom. The Hall–Kier alpha value is -2.60. The maximum Gasteiger partial charge on any atom is 0.255 e. The van der Waals surface area contributed by atoms with E-state index in [9.17, 15) is 4.79 Å². The van der Waals surface area contributed by atoms with E-state index in [4.69, 9.17) is 5.26 Å². The van der Waals surface area contributed by atoms with Gasteiger partial charge in [-0.15, -0.1) is 0 Å². The van der Waals surface area contributed by atoms with Crippen molar-refractivity contribution in [2.45, 2.75) is 32.6 Å². The molecule has 0 radical (unpaired) electrons. The average Bonchev–Trinajstić information content (AvgIpc) is 2.55. The van der Waals surface area contributed by atoms with Crippen LogP contribution < -0.4 is 5.32 Å². The summed E-state index contributed by atoms with van der Waals surface area (Å²) in [7, 11) is 0. The lowest BCUT2D eigenvalue weighted by molar-refractivity contribution is 0.102. The van der Waals surface area contributed by atoms with Crippen molar-refractivity contribution in [3.8, 4) is 6.07 Å². The van der Waals surface area contributed by atoms with Gasteiger partial charge in [0.25, 0.3) is 5.91 Å². The van der Waals surface area contributed by atoms with E-state index < -0.39 is 0 Å². The van der Waals surface area contributed by atoms with Crippen molar-refractivity contribution in [1.82, 2.24) is 0 Å². The Bertz CT molecular complexity index is 669. The molecule has 0 aliphatic rings. The number of unbranched alkanes of at least 4 members (excludes halogenated alkanes) is 1. The molecule has 1 N–H and O–H groups in total. The normalized spacial score (nSPS) is 10.0. The van der Waals surface area contributed by atoms with Crippen LogP contribution in [0.3, 0.4) is 0 Å². The number of nitrogens with one attached hydrogen (secondary N) is 1. The summed E-state index contributed by atoms with van der Waals surface area (Å²) in [5.41, 5.74) is 3.50. The number of hydrogen-bond acceptors (Lipinski definition) is 2. The molecule has 2 aromatic rings. The molecule has 2 aromatic carbocycles. The van der Waals surface area contributed by atoms with Crippen molar-refractivity contribution in [3.63, 3.8) is 0 Å². The van der Waals surface area contributed by atoms with Gasteiger partial charge in [0, 0.05) is 11.3 Å². The molecule has 1 amide bonds. The smallest absolute Gasteiger partial charge is 0.255 e. The standard InChI is InChI=1S/C19H20N2O/c1-2-3-5-15-8-10-18(11-9-15)21-19(22)17-7-4-6-16(14-17)12-13-20/h4,6-11,14H,2-3,5,12H2,1H3,(H,21,22). The molecule has 3 heteroatoms. The zero-order valence-electron chi connectivity index (χ0n) is 12.8. The van der Waals surface area contributed by atoms with Crippen molar-refractivity contribution in [1.29, 1.82) is 5.26 Å². The summed E-state index contributed by atoms with van der Waals surface area (Å²) in [6.07, 6.45) is 3.74. The van der Waals surface area contributed by atoms with Crippen LogP contribution in [0.4, 0.5) is 5.69 Å². The number of nitrogens with zero attached hydrogens (tertiary/aromatic N) is 1. The van der Waals surface area contributed by atoms with Gasteiger partial charge in [-0.3, -0.25) is 4.79 Å². The van der Waals surface area contributed by atoms with Crippen LogP contribution in [-0.2, 0) is 12.8 Å². The third kappa shape index (κ3) is 4.46. The minimum atomic E-state index is -0.152. The fourth-order valence-electron chi connectivity index (χ4n) is 2.25. The number of amides is 1. The SMILES string of the molecule is CCCCc1ccc(NC(=O)c2cccc(CC#N)c2)cc1. The molecule has 0 aliphatic carbocycles. The summed E-state index contributed by atoms with van der Waals surface area (Å²) >= 11 is 0. The van der Waals surface area contributed by atoms with E-state index in [0.29, 0.717) is 12.0 Å². The molecule has 0 atom stereocenters. The first-order chi connectivity index (χ1) is 10.7. The second-order valence-corrected chi connectivity index (χ2v) is 5.29. The number of carbonyl (C=O) groups excluding carboxylic acids is 1. The highest BCUT2D eigenvalue weighted by molar-refractivity contribution is 6.04. The Morgan fingerprint density at radius 2 is 1.91 bits per heavy atom. The Kier molecular flexibility index (Phi) is 5.73. The molecule has 0 fully saturated rings. The second kappa shape index (κ2) is 7.99. The zero-order chi connectivity index (χ0) is 15.8. The number of carbonyl (C=O) groups is 1. The summed E-state index contributed by atoms with van der Waals surface area (Å²) in [6, 6.07) is 17.2. The maximum absolute atomic E-state index is 12.2. The summed E-state index contributed by atoms with van der Waals surface area (Å²) < 4.78 is 0. The van der Waals surface area contributed by atoms with Crippen LogP contribution in [0.2, 0.25) is 0 Å². The molecule has 0 saturated carbocycles. The number of anilines is 1. The van der Waals surface area contributed by atoms with Gasteiger partial charge in [-0.2, -0.15) is 5.26 Å². The Balaban J connectivity index is 2.02. The van der Waals surface area contributed by atoms with Crippen molar-refractivity contribution < 1.29 is 4.79 Å². The van der Waals surface area contributed by atoms with Gasteiger partial charge in [-0.05, 0) is 48.2 Å². The third-order valence-electron chi connectivity index (χ3n) is 3.50. The topological polar surface area (TPSA) is 52.9 Å². The molecule has 0 saturated heterocycles. The van der Waals surface area contributed by atoms with E-state index >= 15 is 0 Å². The molecule has 0 unspecified atom stereocenters. The minimum absolute atomic E-state index is 0.152. The molecule has 22 heavy (non-hydrogen) atoms. The predicted octanol–water partition coefficient (Wildman–Crippen LogP) is 4.35. The van der Waals surface area contributed by atoms with Crippen LogP contribution in [0.25, 0.3) is 0 Å². The Labute approximate surface area is 131 Å². The van der Waals surface area contributed by atoms with Gasteiger partial charge < -0.3 is 5.32 Å². The first-order valence-corrected chi connectivity index (χ1v) is 7.59. The molecule has 2 rings (SSSR count). The van der Waals surface area contributed by atoms with Crippen LogP contribution in [-0.4, -0.2) is 5.91 Å². The lowest BCUT2D eigenvalue weighted by Crippen LogP contribution is -2.12. The van der Waals surface area contributed by atoms with Gasteiger partial charge in [0.15, 0.2) is 0 Å². The molecule has 3 nitrogen and oxygen atoms in total. The van der Waals surface area contributed by atoms with Crippen LogP contribution >= 0.6 is 0 Å². The molecule has 0 bridgehead atoms. The van der Waals surface area contributed by atoms with Gasteiger partial charge in [-0.1, -0.05) is 37.6 Å². The fraction of sp³-hybridized carbons (Fsp3) is 0.263. The lowest BCUT2D eigenvalue weighted by Gasteiger charge is -2.07. The molecular formula is C19H20N2O. The van der Waals surface area contributed by atoms with Crippen molar-refractivity contribution in [2.75, 3.05) is 5.32 Å². The van der Waals surface area contributed by atoms with Crippen LogP contribution in [0, 0.1) is 11.3 Å². The molecule has 0 heterocycles. The largest absolute Gasteiger partial charge is 0.322 e. The number of aryl methyl sites for hydroxylation is 1. The van der Waals surface area contributed by atoms with E-state index in [1.807, 2.05) is 18.2 Å². The van der Waals surface area contributed by atoms with E-state index in [-0.39, 0.29) is 5.91 Å². The summed E-state index contributed by atoms with van der Waals surface area (Å²) in [5, 5.41) is 11.6. The van der Waals surface area contributed by atoms with Crippen LogP contribution in [0.5, 0.6) is 0 Å².